The molecule has 0 atom stereocenters. The molecule has 1 aliphatic rings. The van der Waals surface area contributed by atoms with E-state index >= 15 is 0 Å². The Kier molecular flexibility index (Phi) is 7.00. The number of urea groups is 1. The van der Waals surface area contributed by atoms with Crippen LogP contribution in [-0.2, 0) is 9.59 Å². The normalized spacial score (nSPS) is 16.6. The molecule has 0 aromatic heterocycles. The van der Waals surface area contributed by atoms with Gasteiger partial charge in [-0.15, -0.1) is 0 Å². The van der Waals surface area contributed by atoms with E-state index in [1.807, 2.05) is 0 Å². The molecule has 1 aliphatic heterocycles. The Morgan fingerprint density at radius 2 is 1.85 bits per heavy atom. The second-order valence-electron chi connectivity index (χ2n) is 5.03. The second-order valence-corrected chi connectivity index (χ2v) is 5.03. The number of rotatable bonds is 6. The number of likely N-dealkylation sites (tertiary alicyclic amines) is 1. The van der Waals surface area contributed by atoms with Crippen molar-refractivity contribution in [3.63, 3.8) is 0 Å². The standard InChI is InChI=1S/C13H23N3O4/c1-2-16-7-5-10(6-8-16)9-14-13(20)15-11(17)3-4-12(18)19/h10H,2-9H2,1H3,(H,18,19)(H2,14,15,17,20). The molecule has 114 valence electrons. The van der Waals surface area contributed by atoms with Gasteiger partial charge in [0.25, 0.3) is 0 Å². The molecule has 7 heteroatoms. The van der Waals surface area contributed by atoms with Crippen molar-refractivity contribution in [1.29, 1.82) is 0 Å². The topological polar surface area (TPSA) is 98.7 Å². The lowest BCUT2D eigenvalue weighted by Crippen LogP contribution is -2.43. The van der Waals surface area contributed by atoms with E-state index in [2.05, 4.69) is 22.5 Å². The monoisotopic (exact) mass is 285 g/mol. The fourth-order valence-corrected chi connectivity index (χ4v) is 2.20. The van der Waals surface area contributed by atoms with E-state index in [1.54, 1.807) is 0 Å². The number of carbonyl (C=O) groups excluding carboxylic acids is 2. The third kappa shape index (κ3) is 6.51. The second kappa shape index (κ2) is 8.52. The summed E-state index contributed by atoms with van der Waals surface area (Å²) >= 11 is 0. The van der Waals surface area contributed by atoms with Gasteiger partial charge < -0.3 is 15.3 Å². The van der Waals surface area contributed by atoms with Gasteiger partial charge in [0, 0.05) is 13.0 Å². The van der Waals surface area contributed by atoms with Crippen LogP contribution in [0.1, 0.15) is 32.6 Å². The van der Waals surface area contributed by atoms with Crippen molar-refractivity contribution in [3.05, 3.63) is 0 Å². The summed E-state index contributed by atoms with van der Waals surface area (Å²) < 4.78 is 0. The highest BCUT2D eigenvalue weighted by Gasteiger charge is 2.18. The molecule has 3 N–H and O–H groups in total. The van der Waals surface area contributed by atoms with E-state index in [0.29, 0.717) is 12.5 Å². The van der Waals surface area contributed by atoms with Crippen molar-refractivity contribution in [2.75, 3.05) is 26.2 Å². The van der Waals surface area contributed by atoms with Crippen molar-refractivity contribution >= 4 is 17.9 Å². The van der Waals surface area contributed by atoms with E-state index in [9.17, 15) is 14.4 Å². The highest BCUT2D eigenvalue weighted by molar-refractivity contribution is 5.95. The maximum Gasteiger partial charge on any atom is 0.321 e. The summed E-state index contributed by atoms with van der Waals surface area (Å²) in [5.41, 5.74) is 0. The lowest BCUT2D eigenvalue weighted by atomic mass is 9.97. The van der Waals surface area contributed by atoms with Gasteiger partial charge in [0.2, 0.25) is 5.91 Å². The molecule has 0 aromatic rings. The maximum absolute atomic E-state index is 11.5. The summed E-state index contributed by atoms with van der Waals surface area (Å²) in [4.78, 5) is 35.4. The van der Waals surface area contributed by atoms with Crippen LogP contribution in [0.15, 0.2) is 0 Å². The number of nitrogens with zero attached hydrogens (tertiary/aromatic N) is 1. The number of hydrogen-bond acceptors (Lipinski definition) is 4. The smallest absolute Gasteiger partial charge is 0.321 e. The van der Waals surface area contributed by atoms with Crippen molar-refractivity contribution in [2.45, 2.75) is 32.6 Å². The number of piperidine rings is 1. The minimum atomic E-state index is -1.05. The molecule has 0 unspecified atom stereocenters. The number of amides is 3. The van der Waals surface area contributed by atoms with E-state index in [-0.39, 0.29) is 12.8 Å². The van der Waals surface area contributed by atoms with Crippen LogP contribution in [0.25, 0.3) is 0 Å². The van der Waals surface area contributed by atoms with Gasteiger partial charge in [-0.1, -0.05) is 6.92 Å². The number of nitrogens with one attached hydrogen (secondary N) is 2. The molecule has 20 heavy (non-hydrogen) atoms. The predicted molar refractivity (Wildman–Crippen MR) is 73.2 cm³/mol. The number of imide groups is 1. The quantitative estimate of drug-likeness (QED) is 0.656. The summed E-state index contributed by atoms with van der Waals surface area (Å²) in [6, 6.07) is -0.543. The molecule has 0 radical (unpaired) electrons. The van der Waals surface area contributed by atoms with Gasteiger partial charge in [-0.25, -0.2) is 4.79 Å². The van der Waals surface area contributed by atoms with Gasteiger partial charge in [0.1, 0.15) is 0 Å². The summed E-state index contributed by atoms with van der Waals surface area (Å²) in [5, 5.41) is 13.2. The van der Waals surface area contributed by atoms with Crippen LogP contribution in [0.3, 0.4) is 0 Å². The van der Waals surface area contributed by atoms with Crippen LogP contribution < -0.4 is 10.6 Å². The maximum atomic E-state index is 11.5. The zero-order valence-corrected chi connectivity index (χ0v) is 11.9. The van der Waals surface area contributed by atoms with E-state index in [0.717, 1.165) is 32.5 Å². The average Bonchev–Trinajstić information content (AvgIpc) is 2.43. The molecule has 1 fully saturated rings. The number of carboxylic acids is 1. The molecule has 7 nitrogen and oxygen atoms in total. The first kappa shape index (κ1) is 16.4. The largest absolute Gasteiger partial charge is 0.481 e. The van der Waals surface area contributed by atoms with Crippen molar-refractivity contribution in [2.24, 2.45) is 5.92 Å². The Hall–Kier alpha value is -1.63. The summed E-state index contributed by atoms with van der Waals surface area (Å²) in [5.74, 6) is -1.17. The van der Waals surface area contributed by atoms with Crippen molar-refractivity contribution in [1.82, 2.24) is 15.5 Å². The van der Waals surface area contributed by atoms with Gasteiger partial charge in [-0.3, -0.25) is 14.9 Å². The molecule has 0 spiro atoms. The number of aliphatic carboxylic acids is 1. The van der Waals surface area contributed by atoms with Gasteiger partial charge in [-0.2, -0.15) is 0 Å². The fraction of sp³-hybridized carbons (Fsp3) is 0.769. The third-order valence-corrected chi connectivity index (χ3v) is 3.52. The van der Waals surface area contributed by atoms with Gasteiger partial charge in [0.05, 0.1) is 6.42 Å². The van der Waals surface area contributed by atoms with Crippen LogP contribution >= 0.6 is 0 Å². The number of hydrogen-bond donors (Lipinski definition) is 3. The highest BCUT2D eigenvalue weighted by atomic mass is 16.4. The minimum Gasteiger partial charge on any atom is -0.481 e. The minimum absolute atomic E-state index is 0.183. The van der Waals surface area contributed by atoms with Crippen molar-refractivity contribution in [3.8, 4) is 0 Å². The first-order chi connectivity index (χ1) is 9.51. The summed E-state index contributed by atoms with van der Waals surface area (Å²) in [6.07, 6.45) is 1.63. The molecule has 3 amide bonds. The lowest BCUT2D eigenvalue weighted by molar-refractivity contribution is -0.138. The zero-order chi connectivity index (χ0) is 15.0. The number of carboxylic acid groups (broad SMARTS) is 1. The van der Waals surface area contributed by atoms with E-state index in [1.165, 1.54) is 0 Å². The summed E-state index contributed by atoms with van der Waals surface area (Å²) in [7, 11) is 0. The fourth-order valence-electron chi connectivity index (χ4n) is 2.20. The highest BCUT2D eigenvalue weighted by Crippen LogP contribution is 2.15. The Balaban J connectivity index is 2.14. The third-order valence-electron chi connectivity index (χ3n) is 3.52. The molecule has 0 bridgehead atoms. The van der Waals surface area contributed by atoms with E-state index in [4.69, 9.17) is 5.11 Å². The van der Waals surface area contributed by atoms with E-state index < -0.39 is 17.9 Å². The Bertz CT molecular complexity index is 352. The first-order valence-corrected chi connectivity index (χ1v) is 7.03. The van der Waals surface area contributed by atoms with Crippen LogP contribution in [0.2, 0.25) is 0 Å². The Morgan fingerprint density at radius 1 is 1.20 bits per heavy atom. The van der Waals surface area contributed by atoms with Crippen LogP contribution in [0.5, 0.6) is 0 Å². The molecule has 1 rings (SSSR count). The lowest BCUT2D eigenvalue weighted by Gasteiger charge is -2.30. The SMILES string of the molecule is CCN1CCC(CNC(=O)NC(=O)CCC(=O)O)CC1. The van der Waals surface area contributed by atoms with Crippen molar-refractivity contribution < 1.29 is 19.5 Å². The molecular formula is C13H23N3O4. The molecule has 0 saturated carbocycles. The Labute approximate surface area is 118 Å². The average molecular weight is 285 g/mol. The van der Waals surface area contributed by atoms with Gasteiger partial charge >= 0.3 is 12.0 Å². The van der Waals surface area contributed by atoms with Crippen LogP contribution in [0, 0.1) is 5.92 Å². The Morgan fingerprint density at radius 3 is 2.40 bits per heavy atom. The number of carbonyl (C=O) groups is 3. The molecule has 0 aromatic carbocycles. The zero-order valence-electron chi connectivity index (χ0n) is 11.9. The predicted octanol–water partition coefficient (Wildman–Crippen LogP) is 0.409. The van der Waals surface area contributed by atoms with Crippen LogP contribution in [-0.4, -0.2) is 54.1 Å². The molecule has 1 heterocycles. The molecule has 1 saturated heterocycles. The van der Waals surface area contributed by atoms with Crippen LogP contribution in [0.4, 0.5) is 4.79 Å². The van der Waals surface area contributed by atoms with Gasteiger partial charge in [0.15, 0.2) is 0 Å². The molecular weight excluding hydrogens is 262 g/mol. The summed E-state index contributed by atoms with van der Waals surface area (Å²) in [6.45, 7) is 5.83. The first-order valence-electron chi connectivity index (χ1n) is 7.03. The van der Waals surface area contributed by atoms with Gasteiger partial charge in [-0.05, 0) is 38.4 Å². The molecule has 0 aliphatic carbocycles.